The Balaban J connectivity index is 2.17. The van der Waals surface area contributed by atoms with Gasteiger partial charge in [-0.2, -0.15) is 0 Å². The predicted octanol–water partition coefficient (Wildman–Crippen LogP) is 2.54. The van der Waals surface area contributed by atoms with Crippen molar-refractivity contribution in [2.24, 2.45) is 0 Å². The third-order valence-corrected chi connectivity index (χ3v) is 3.37. The van der Waals surface area contributed by atoms with E-state index < -0.39 is 0 Å². The molecular formula is C14H19N3O3. The van der Waals surface area contributed by atoms with Gasteiger partial charge in [0.2, 0.25) is 5.91 Å². The zero-order valence-electron chi connectivity index (χ0n) is 11.6. The number of anilines is 1. The van der Waals surface area contributed by atoms with Crippen molar-refractivity contribution in [3.63, 3.8) is 0 Å². The summed E-state index contributed by atoms with van der Waals surface area (Å²) in [6.45, 7) is 3.99. The molecule has 1 saturated heterocycles. The summed E-state index contributed by atoms with van der Waals surface area (Å²) in [6, 6.07) is 5.01. The quantitative estimate of drug-likeness (QED) is 0.640. The van der Waals surface area contributed by atoms with Gasteiger partial charge in [0, 0.05) is 32.1 Å². The minimum Gasteiger partial charge on any atom is -0.379 e. The third-order valence-electron chi connectivity index (χ3n) is 3.37. The average molecular weight is 277 g/mol. The van der Waals surface area contributed by atoms with Gasteiger partial charge in [-0.3, -0.25) is 14.9 Å². The number of benzene rings is 1. The molecule has 0 atom stereocenters. The van der Waals surface area contributed by atoms with Crippen LogP contribution in [0.5, 0.6) is 0 Å². The third kappa shape index (κ3) is 3.26. The van der Waals surface area contributed by atoms with Crippen LogP contribution in [0.3, 0.4) is 0 Å². The lowest BCUT2D eigenvalue weighted by Gasteiger charge is -2.16. The van der Waals surface area contributed by atoms with Crippen molar-refractivity contribution in [2.45, 2.75) is 32.7 Å². The first-order chi connectivity index (χ1) is 9.61. The van der Waals surface area contributed by atoms with Gasteiger partial charge in [-0.05, 0) is 24.5 Å². The molecule has 1 aromatic carbocycles. The van der Waals surface area contributed by atoms with Gasteiger partial charge in [0.1, 0.15) is 5.69 Å². The molecule has 1 heterocycles. The van der Waals surface area contributed by atoms with Crippen LogP contribution in [0.4, 0.5) is 11.4 Å². The maximum absolute atomic E-state index is 11.6. The van der Waals surface area contributed by atoms with Gasteiger partial charge in [-0.1, -0.05) is 13.0 Å². The van der Waals surface area contributed by atoms with Crippen molar-refractivity contribution in [2.75, 3.05) is 18.4 Å². The highest BCUT2D eigenvalue weighted by atomic mass is 16.6. The number of carbonyl (C=O) groups is 1. The molecule has 1 aliphatic heterocycles. The summed E-state index contributed by atoms with van der Waals surface area (Å²) in [4.78, 5) is 24.0. The van der Waals surface area contributed by atoms with E-state index in [0.29, 0.717) is 25.2 Å². The largest absolute Gasteiger partial charge is 0.379 e. The van der Waals surface area contributed by atoms with Crippen LogP contribution in [0.15, 0.2) is 18.2 Å². The number of amides is 1. The van der Waals surface area contributed by atoms with E-state index in [2.05, 4.69) is 5.32 Å². The smallest absolute Gasteiger partial charge is 0.292 e. The molecule has 0 aliphatic carbocycles. The van der Waals surface area contributed by atoms with E-state index >= 15 is 0 Å². The Hall–Kier alpha value is -2.11. The van der Waals surface area contributed by atoms with Gasteiger partial charge in [-0.25, -0.2) is 0 Å². The molecular weight excluding hydrogens is 258 g/mol. The second-order valence-corrected chi connectivity index (χ2v) is 4.95. The van der Waals surface area contributed by atoms with E-state index in [0.717, 1.165) is 24.9 Å². The van der Waals surface area contributed by atoms with Crippen molar-refractivity contribution >= 4 is 17.3 Å². The van der Waals surface area contributed by atoms with Crippen LogP contribution in [0.2, 0.25) is 0 Å². The van der Waals surface area contributed by atoms with Crippen molar-refractivity contribution < 1.29 is 9.72 Å². The second-order valence-electron chi connectivity index (χ2n) is 4.95. The predicted molar refractivity (Wildman–Crippen MR) is 76.5 cm³/mol. The summed E-state index contributed by atoms with van der Waals surface area (Å²) >= 11 is 0. The number of nitrogens with one attached hydrogen (secondary N) is 1. The molecule has 20 heavy (non-hydrogen) atoms. The number of carbonyl (C=O) groups excluding carboxylic acids is 1. The molecule has 6 heteroatoms. The van der Waals surface area contributed by atoms with E-state index in [1.165, 1.54) is 6.07 Å². The molecule has 108 valence electrons. The van der Waals surface area contributed by atoms with Crippen molar-refractivity contribution in [1.82, 2.24) is 4.90 Å². The SMILES string of the molecule is CCCNc1cc(CN2CCCC2=O)ccc1[N+](=O)[O-]. The summed E-state index contributed by atoms with van der Waals surface area (Å²) < 4.78 is 0. The number of nitro groups is 1. The summed E-state index contributed by atoms with van der Waals surface area (Å²) in [7, 11) is 0. The molecule has 0 bridgehead atoms. The van der Waals surface area contributed by atoms with E-state index in [-0.39, 0.29) is 16.5 Å². The molecule has 1 aliphatic rings. The first-order valence-electron chi connectivity index (χ1n) is 6.90. The number of likely N-dealkylation sites (tertiary alicyclic amines) is 1. The summed E-state index contributed by atoms with van der Waals surface area (Å²) in [5.41, 5.74) is 1.53. The van der Waals surface area contributed by atoms with Crippen LogP contribution in [0.25, 0.3) is 0 Å². The van der Waals surface area contributed by atoms with Crippen LogP contribution >= 0.6 is 0 Å². The first kappa shape index (κ1) is 14.3. The highest BCUT2D eigenvalue weighted by Gasteiger charge is 2.21. The highest BCUT2D eigenvalue weighted by molar-refractivity contribution is 5.78. The molecule has 1 fully saturated rings. The maximum Gasteiger partial charge on any atom is 0.292 e. The van der Waals surface area contributed by atoms with E-state index in [9.17, 15) is 14.9 Å². The Morgan fingerprint density at radius 3 is 2.85 bits per heavy atom. The minimum atomic E-state index is -0.386. The number of nitrogens with zero attached hydrogens (tertiary/aromatic N) is 2. The lowest BCUT2D eigenvalue weighted by molar-refractivity contribution is -0.384. The van der Waals surface area contributed by atoms with Crippen LogP contribution in [0, 0.1) is 10.1 Å². The number of hydrogen-bond donors (Lipinski definition) is 1. The van der Waals surface area contributed by atoms with Gasteiger partial charge in [0.25, 0.3) is 5.69 Å². The summed E-state index contributed by atoms with van der Waals surface area (Å²) in [5, 5.41) is 14.1. The zero-order valence-corrected chi connectivity index (χ0v) is 11.6. The number of nitro benzene ring substituents is 1. The van der Waals surface area contributed by atoms with Gasteiger partial charge in [0.15, 0.2) is 0 Å². The van der Waals surface area contributed by atoms with Crippen molar-refractivity contribution in [1.29, 1.82) is 0 Å². The summed E-state index contributed by atoms with van der Waals surface area (Å²) in [5.74, 6) is 0.159. The van der Waals surface area contributed by atoms with Crippen LogP contribution in [-0.4, -0.2) is 28.8 Å². The first-order valence-corrected chi connectivity index (χ1v) is 6.90. The Morgan fingerprint density at radius 1 is 1.45 bits per heavy atom. The molecule has 0 radical (unpaired) electrons. The molecule has 6 nitrogen and oxygen atoms in total. The number of hydrogen-bond acceptors (Lipinski definition) is 4. The molecule has 0 spiro atoms. The Bertz CT molecular complexity index is 516. The normalized spacial score (nSPS) is 14.7. The van der Waals surface area contributed by atoms with Crippen LogP contribution < -0.4 is 5.32 Å². The minimum absolute atomic E-state index is 0.0787. The maximum atomic E-state index is 11.6. The van der Waals surface area contributed by atoms with E-state index in [1.54, 1.807) is 17.0 Å². The van der Waals surface area contributed by atoms with Crippen molar-refractivity contribution in [3.05, 3.63) is 33.9 Å². The fourth-order valence-corrected chi connectivity index (χ4v) is 2.33. The van der Waals surface area contributed by atoms with Gasteiger partial charge in [-0.15, -0.1) is 0 Å². The fraction of sp³-hybridized carbons (Fsp3) is 0.500. The number of rotatable bonds is 6. The standard InChI is InChI=1S/C14H19N3O3/c1-2-7-15-12-9-11(5-6-13(12)17(19)20)10-16-8-3-4-14(16)18/h5-6,9,15H,2-4,7-8,10H2,1H3. The Kier molecular flexibility index (Phi) is 4.55. The van der Waals surface area contributed by atoms with Crippen LogP contribution in [0.1, 0.15) is 31.7 Å². The Morgan fingerprint density at radius 2 is 2.25 bits per heavy atom. The van der Waals surface area contributed by atoms with Gasteiger partial charge < -0.3 is 10.2 Å². The van der Waals surface area contributed by atoms with E-state index in [1.807, 2.05) is 6.92 Å². The topological polar surface area (TPSA) is 75.5 Å². The lowest BCUT2D eigenvalue weighted by atomic mass is 10.1. The summed E-state index contributed by atoms with van der Waals surface area (Å²) in [6.07, 6.45) is 2.40. The van der Waals surface area contributed by atoms with Gasteiger partial charge >= 0.3 is 0 Å². The van der Waals surface area contributed by atoms with E-state index in [4.69, 9.17) is 0 Å². The van der Waals surface area contributed by atoms with Crippen LogP contribution in [-0.2, 0) is 11.3 Å². The highest BCUT2D eigenvalue weighted by Crippen LogP contribution is 2.26. The second kappa shape index (κ2) is 6.36. The molecule has 1 aromatic rings. The Labute approximate surface area is 117 Å². The monoisotopic (exact) mass is 277 g/mol. The molecule has 0 unspecified atom stereocenters. The zero-order chi connectivity index (χ0) is 14.5. The molecule has 0 aromatic heterocycles. The van der Waals surface area contributed by atoms with Crippen molar-refractivity contribution in [3.8, 4) is 0 Å². The van der Waals surface area contributed by atoms with Gasteiger partial charge in [0.05, 0.1) is 4.92 Å². The molecule has 0 saturated carbocycles. The molecule has 2 rings (SSSR count). The lowest BCUT2D eigenvalue weighted by Crippen LogP contribution is -2.23. The average Bonchev–Trinajstić information content (AvgIpc) is 2.82. The molecule has 1 amide bonds. The fourth-order valence-electron chi connectivity index (χ4n) is 2.33. The molecule has 1 N–H and O–H groups in total.